The molecule has 0 saturated carbocycles. The van der Waals surface area contributed by atoms with Crippen LogP contribution in [0.4, 0.5) is 17.1 Å². The molecule has 0 spiro atoms. The van der Waals surface area contributed by atoms with E-state index in [0.29, 0.717) is 5.71 Å². The van der Waals surface area contributed by atoms with E-state index in [0.717, 1.165) is 82.7 Å². The van der Waals surface area contributed by atoms with Crippen LogP contribution in [0, 0.1) is 10.8 Å². The zero-order chi connectivity index (χ0) is 43.4. The molecule has 0 aliphatic carbocycles. The van der Waals surface area contributed by atoms with E-state index < -0.39 is 0 Å². The predicted octanol–water partition coefficient (Wildman–Crippen LogP) is 15.6. The number of fused-ring (bicyclic) bond motifs is 8. The van der Waals surface area contributed by atoms with Crippen molar-refractivity contribution in [3.8, 4) is 22.4 Å². The summed E-state index contributed by atoms with van der Waals surface area (Å²) in [7, 11) is 0. The van der Waals surface area contributed by atoms with E-state index in [1.165, 1.54) is 44.3 Å². The van der Waals surface area contributed by atoms with E-state index >= 15 is 0 Å². The topological polar surface area (TPSA) is 76.7 Å². The van der Waals surface area contributed by atoms with Crippen LogP contribution in [-0.4, -0.2) is 22.1 Å². The van der Waals surface area contributed by atoms with Crippen molar-refractivity contribution in [2.45, 2.75) is 0 Å². The molecule has 304 valence electrons. The Morgan fingerprint density at radius 2 is 0.938 bits per heavy atom. The average molecular weight is 830 g/mol. The smallest absolute Gasteiger partial charge is 0.101 e. The minimum absolute atomic E-state index is 0.382. The Morgan fingerprint density at radius 1 is 0.415 bits per heavy atom. The van der Waals surface area contributed by atoms with Crippen LogP contribution in [0.15, 0.2) is 219 Å². The normalized spacial score (nSPS) is 11.5. The van der Waals surface area contributed by atoms with Crippen LogP contribution < -0.4 is 4.90 Å². The van der Waals surface area contributed by atoms with Gasteiger partial charge >= 0.3 is 0 Å². The van der Waals surface area contributed by atoms with Crippen LogP contribution in [0.1, 0.15) is 16.7 Å². The van der Waals surface area contributed by atoms with Crippen molar-refractivity contribution >= 4 is 93.6 Å². The van der Waals surface area contributed by atoms with Crippen molar-refractivity contribution in [2.75, 3.05) is 4.90 Å². The zero-order valence-electron chi connectivity index (χ0n) is 35.2. The third-order valence-corrected chi connectivity index (χ3v) is 12.9. The van der Waals surface area contributed by atoms with Gasteiger partial charge in [-0.25, -0.2) is 0 Å². The second-order valence-electron chi connectivity index (χ2n) is 16.6. The van der Waals surface area contributed by atoms with Gasteiger partial charge in [0.1, 0.15) is 5.69 Å². The summed E-state index contributed by atoms with van der Waals surface area (Å²) >= 11 is 0. The molecule has 11 aromatic carbocycles. The van der Waals surface area contributed by atoms with E-state index in [2.05, 4.69) is 180 Å². The lowest BCUT2D eigenvalue weighted by atomic mass is 9.92. The molecule has 0 radical (unpaired) electrons. The van der Waals surface area contributed by atoms with E-state index in [1.807, 2.05) is 48.7 Å². The molecule has 5 nitrogen and oxygen atoms in total. The molecule has 5 heteroatoms. The molecule has 65 heavy (non-hydrogen) atoms. The van der Waals surface area contributed by atoms with Gasteiger partial charge in [0.05, 0.1) is 11.9 Å². The summed E-state index contributed by atoms with van der Waals surface area (Å²) < 4.78 is 0. The number of aromatic nitrogens is 2. The highest BCUT2D eigenvalue weighted by atomic mass is 15.1. The summed E-state index contributed by atoms with van der Waals surface area (Å²) in [5, 5.41) is 40.4. The highest BCUT2D eigenvalue weighted by molar-refractivity contribution is 6.21. The molecule has 0 aliphatic rings. The summed E-state index contributed by atoms with van der Waals surface area (Å²) in [6, 6.07) is 74.7. The SMILES string of the molecule is N=Cc1ccc2ccccc2c1C(=N)c1ccc(N(c2ccc(-c3nncc4ccc5ccccc5c34)cc2)c2ccc3c(ccc4cc(-c5ccc6ccccc6c5)ccc43)c2)cc1. The molecular formula is C60H39N5. The number of nitrogens with one attached hydrogen (secondary N) is 2. The Kier molecular flexibility index (Phi) is 9.06. The van der Waals surface area contributed by atoms with Gasteiger partial charge in [0.25, 0.3) is 0 Å². The van der Waals surface area contributed by atoms with E-state index in [-0.39, 0.29) is 0 Å². The number of nitrogens with zero attached hydrogens (tertiary/aromatic N) is 3. The fourth-order valence-electron chi connectivity index (χ4n) is 9.63. The Bertz CT molecular complexity index is 3870. The van der Waals surface area contributed by atoms with Gasteiger partial charge in [-0.05, 0) is 114 Å². The quantitative estimate of drug-likeness (QED) is 0.118. The van der Waals surface area contributed by atoms with E-state index in [9.17, 15) is 5.41 Å². The lowest BCUT2D eigenvalue weighted by Crippen LogP contribution is -2.11. The van der Waals surface area contributed by atoms with Gasteiger partial charge in [-0.2, -0.15) is 5.10 Å². The Balaban J connectivity index is 0.956. The average Bonchev–Trinajstić information content (AvgIpc) is 3.38. The summed E-state index contributed by atoms with van der Waals surface area (Å²) in [5.41, 5.74) is 9.81. The minimum atomic E-state index is 0.382. The van der Waals surface area contributed by atoms with Crippen molar-refractivity contribution in [3.05, 3.63) is 235 Å². The van der Waals surface area contributed by atoms with Crippen LogP contribution in [0.5, 0.6) is 0 Å². The number of hydrogen-bond donors (Lipinski definition) is 2. The minimum Gasteiger partial charge on any atom is -0.310 e. The summed E-state index contributed by atoms with van der Waals surface area (Å²) in [5.74, 6) is 0. The first-order valence-corrected chi connectivity index (χ1v) is 21.8. The van der Waals surface area contributed by atoms with Gasteiger partial charge < -0.3 is 10.3 Å². The molecule has 0 amide bonds. The lowest BCUT2D eigenvalue weighted by Gasteiger charge is -2.26. The van der Waals surface area contributed by atoms with Crippen molar-refractivity contribution < 1.29 is 0 Å². The summed E-state index contributed by atoms with van der Waals surface area (Å²) in [4.78, 5) is 2.27. The molecule has 12 rings (SSSR count). The van der Waals surface area contributed by atoms with E-state index in [4.69, 9.17) is 10.5 Å². The zero-order valence-corrected chi connectivity index (χ0v) is 35.2. The molecule has 1 aromatic heterocycles. The summed E-state index contributed by atoms with van der Waals surface area (Å²) in [6.07, 6.45) is 3.18. The first-order valence-electron chi connectivity index (χ1n) is 21.8. The molecule has 0 unspecified atom stereocenters. The molecule has 0 saturated heterocycles. The highest BCUT2D eigenvalue weighted by Gasteiger charge is 2.18. The van der Waals surface area contributed by atoms with Crippen molar-refractivity contribution in [2.24, 2.45) is 0 Å². The standard InChI is InChI=1S/C60H39N5/c61-36-48-19-14-39-8-3-5-11-55(39)57(48)59(62)41-21-26-50(27-22-41)65(51-28-23-42(24-29-51)60-58-49(37-63-64-60)20-15-40-9-4-6-12-56(40)58)52-30-32-54-47(35-52)18-17-46-34-45(25-31-53(46)54)44-16-13-38-7-1-2-10-43(38)33-44/h1-37,61-62H. The largest absolute Gasteiger partial charge is 0.310 e. The van der Waals surface area contributed by atoms with Crippen LogP contribution >= 0.6 is 0 Å². The fraction of sp³-hybridized carbons (Fsp3) is 0. The second-order valence-corrected chi connectivity index (χ2v) is 16.6. The molecule has 2 N–H and O–H groups in total. The Hall–Kier alpha value is -8.80. The Morgan fingerprint density at radius 3 is 1.69 bits per heavy atom. The van der Waals surface area contributed by atoms with Gasteiger partial charge in [-0.1, -0.05) is 164 Å². The first kappa shape index (κ1) is 37.9. The van der Waals surface area contributed by atoms with Crippen molar-refractivity contribution in [1.29, 1.82) is 10.8 Å². The number of benzene rings is 11. The molecule has 0 bridgehead atoms. The van der Waals surface area contributed by atoms with Crippen molar-refractivity contribution in [1.82, 2.24) is 10.2 Å². The third-order valence-electron chi connectivity index (χ3n) is 12.9. The van der Waals surface area contributed by atoms with Crippen LogP contribution in [0.2, 0.25) is 0 Å². The fourth-order valence-corrected chi connectivity index (χ4v) is 9.63. The van der Waals surface area contributed by atoms with E-state index in [1.54, 1.807) is 0 Å². The monoisotopic (exact) mass is 829 g/mol. The molecular weight excluding hydrogens is 791 g/mol. The van der Waals surface area contributed by atoms with Gasteiger partial charge in [0, 0.05) is 56.3 Å². The second kappa shape index (κ2) is 15.5. The maximum atomic E-state index is 9.44. The maximum absolute atomic E-state index is 9.44. The lowest BCUT2D eigenvalue weighted by molar-refractivity contribution is 1.06. The molecule has 12 aromatic rings. The van der Waals surface area contributed by atoms with Gasteiger partial charge in [-0.15, -0.1) is 5.10 Å². The number of hydrogen-bond acceptors (Lipinski definition) is 5. The Labute approximate surface area is 375 Å². The number of anilines is 3. The van der Waals surface area contributed by atoms with Gasteiger partial charge in [-0.3, -0.25) is 5.41 Å². The first-order chi connectivity index (χ1) is 32.1. The van der Waals surface area contributed by atoms with Crippen LogP contribution in [0.25, 0.3) is 87.0 Å². The maximum Gasteiger partial charge on any atom is 0.101 e. The predicted molar refractivity (Wildman–Crippen MR) is 273 cm³/mol. The van der Waals surface area contributed by atoms with Crippen LogP contribution in [0.3, 0.4) is 0 Å². The van der Waals surface area contributed by atoms with Crippen molar-refractivity contribution in [3.63, 3.8) is 0 Å². The highest BCUT2D eigenvalue weighted by Crippen LogP contribution is 2.40. The molecule has 1 heterocycles. The summed E-state index contributed by atoms with van der Waals surface area (Å²) in [6.45, 7) is 0. The molecule has 0 aliphatic heterocycles. The van der Waals surface area contributed by atoms with Crippen LogP contribution in [-0.2, 0) is 0 Å². The molecule has 0 atom stereocenters. The van der Waals surface area contributed by atoms with Gasteiger partial charge in [0.2, 0.25) is 0 Å². The molecule has 0 fully saturated rings. The third kappa shape index (κ3) is 6.57. The number of rotatable bonds is 8. The van der Waals surface area contributed by atoms with Gasteiger partial charge in [0.15, 0.2) is 0 Å².